The molecule has 4 rings (SSSR count). The van der Waals surface area contributed by atoms with Gasteiger partial charge < -0.3 is 4.74 Å². The highest BCUT2D eigenvalue weighted by molar-refractivity contribution is 9.10. The van der Waals surface area contributed by atoms with Gasteiger partial charge in [-0.3, -0.25) is 0 Å². The first-order valence-corrected chi connectivity index (χ1v) is 14.2. The second kappa shape index (κ2) is 12.6. The SMILES string of the molecule is C=C/C=C\C=C(/C)C1(CCCCCCOC2=CCC(C=C)C=C2)c2cc(Br)ccc2C2=CC=CCC21. The summed E-state index contributed by atoms with van der Waals surface area (Å²) >= 11 is 3.77. The molecule has 0 N–H and O–H groups in total. The molecule has 1 aromatic rings. The second-order valence-corrected chi connectivity index (χ2v) is 11.0. The van der Waals surface area contributed by atoms with Crippen molar-refractivity contribution in [2.75, 3.05) is 6.61 Å². The van der Waals surface area contributed by atoms with E-state index in [1.807, 2.05) is 18.2 Å². The van der Waals surface area contributed by atoms with Gasteiger partial charge in [0.15, 0.2) is 0 Å². The van der Waals surface area contributed by atoms with E-state index in [1.54, 1.807) is 0 Å². The maximum atomic E-state index is 5.99. The molecular weight excluding hydrogens is 504 g/mol. The van der Waals surface area contributed by atoms with Gasteiger partial charge in [-0.05, 0) is 79.5 Å². The molecule has 3 unspecified atom stereocenters. The summed E-state index contributed by atoms with van der Waals surface area (Å²) in [5, 5.41) is 0. The van der Waals surface area contributed by atoms with Crippen LogP contribution in [0, 0.1) is 11.8 Å². The van der Waals surface area contributed by atoms with E-state index in [-0.39, 0.29) is 5.41 Å². The first-order valence-electron chi connectivity index (χ1n) is 13.4. The van der Waals surface area contributed by atoms with Crippen LogP contribution in [-0.2, 0) is 10.2 Å². The number of fused-ring (bicyclic) bond motifs is 3. The Labute approximate surface area is 226 Å². The molecule has 188 valence electrons. The standard InChI is InChI=1S/C34H39BrO/c1-4-6-9-14-26(3)34(23-12-7-8-13-24-36-29-20-17-27(5-2)18-21-29)32-16-11-10-15-30(32)31-22-19-28(35)25-33(31)34/h4-6,9-11,14-15,17,19-22,25,27,32H,1-2,7-8,12-13,16,18,23-24H2,3H3/b9-6-,26-14+. The van der Waals surface area contributed by atoms with Gasteiger partial charge in [0.2, 0.25) is 0 Å². The Hall–Kier alpha value is -2.58. The lowest BCUT2D eigenvalue weighted by Crippen LogP contribution is -2.33. The molecule has 1 aromatic carbocycles. The zero-order valence-corrected chi connectivity index (χ0v) is 23.2. The van der Waals surface area contributed by atoms with Crippen LogP contribution in [0.5, 0.6) is 0 Å². The van der Waals surface area contributed by atoms with Gasteiger partial charge in [0, 0.05) is 15.8 Å². The van der Waals surface area contributed by atoms with Crippen LogP contribution in [0.15, 0.2) is 114 Å². The Morgan fingerprint density at radius 3 is 2.78 bits per heavy atom. The maximum Gasteiger partial charge on any atom is 0.115 e. The monoisotopic (exact) mass is 542 g/mol. The van der Waals surface area contributed by atoms with Crippen LogP contribution in [0.4, 0.5) is 0 Å². The van der Waals surface area contributed by atoms with Crippen molar-refractivity contribution >= 4 is 21.5 Å². The molecule has 0 saturated carbocycles. The van der Waals surface area contributed by atoms with Gasteiger partial charge in [-0.2, -0.15) is 0 Å². The number of allylic oxidation sites excluding steroid dienone is 13. The highest BCUT2D eigenvalue weighted by atomic mass is 79.9. The van der Waals surface area contributed by atoms with Crippen LogP contribution in [0.25, 0.3) is 5.57 Å². The predicted octanol–water partition coefficient (Wildman–Crippen LogP) is 9.96. The normalized spacial score (nSPS) is 24.8. The van der Waals surface area contributed by atoms with Crippen molar-refractivity contribution in [2.45, 2.75) is 57.3 Å². The van der Waals surface area contributed by atoms with E-state index in [9.17, 15) is 0 Å². The zero-order chi connectivity index (χ0) is 25.4. The molecule has 0 aliphatic heterocycles. The molecule has 2 heteroatoms. The van der Waals surface area contributed by atoms with Gasteiger partial charge in [-0.15, -0.1) is 6.58 Å². The van der Waals surface area contributed by atoms with E-state index in [4.69, 9.17) is 4.74 Å². The van der Waals surface area contributed by atoms with E-state index in [2.05, 4.69) is 103 Å². The molecule has 36 heavy (non-hydrogen) atoms. The minimum Gasteiger partial charge on any atom is -0.494 e. The molecule has 0 saturated heterocycles. The lowest BCUT2D eigenvalue weighted by Gasteiger charge is -2.39. The molecule has 0 radical (unpaired) electrons. The molecule has 0 fully saturated rings. The molecule has 0 bridgehead atoms. The van der Waals surface area contributed by atoms with E-state index in [0.29, 0.717) is 11.8 Å². The quantitative estimate of drug-likeness (QED) is 0.145. The second-order valence-electron chi connectivity index (χ2n) is 10.1. The average Bonchev–Trinajstić information content (AvgIpc) is 3.18. The average molecular weight is 544 g/mol. The summed E-state index contributed by atoms with van der Waals surface area (Å²) in [6, 6.07) is 6.88. The summed E-state index contributed by atoms with van der Waals surface area (Å²) in [6.45, 7) is 10.8. The Balaban J connectivity index is 1.43. The number of hydrogen-bond acceptors (Lipinski definition) is 1. The fourth-order valence-electron chi connectivity index (χ4n) is 6.07. The fourth-order valence-corrected chi connectivity index (χ4v) is 6.43. The lowest BCUT2D eigenvalue weighted by atomic mass is 9.64. The predicted molar refractivity (Wildman–Crippen MR) is 159 cm³/mol. The molecule has 0 aromatic heterocycles. The molecule has 0 heterocycles. The van der Waals surface area contributed by atoms with Crippen LogP contribution in [0.2, 0.25) is 0 Å². The first-order chi connectivity index (χ1) is 17.6. The highest BCUT2D eigenvalue weighted by Gasteiger charge is 2.49. The van der Waals surface area contributed by atoms with Gasteiger partial charge >= 0.3 is 0 Å². The molecule has 1 nitrogen and oxygen atoms in total. The van der Waals surface area contributed by atoms with Crippen molar-refractivity contribution in [3.05, 3.63) is 125 Å². The highest BCUT2D eigenvalue weighted by Crippen LogP contribution is 2.59. The summed E-state index contributed by atoms with van der Waals surface area (Å²) in [6.07, 6.45) is 31.7. The topological polar surface area (TPSA) is 9.23 Å². The summed E-state index contributed by atoms with van der Waals surface area (Å²) in [5.41, 5.74) is 5.88. The molecule has 3 aliphatic rings. The van der Waals surface area contributed by atoms with E-state index < -0.39 is 0 Å². The Morgan fingerprint density at radius 2 is 2.00 bits per heavy atom. The summed E-state index contributed by atoms with van der Waals surface area (Å²) in [5.74, 6) is 1.96. The maximum absolute atomic E-state index is 5.99. The van der Waals surface area contributed by atoms with Crippen molar-refractivity contribution in [1.82, 2.24) is 0 Å². The number of ether oxygens (including phenoxy) is 1. The number of unbranched alkanes of at least 4 members (excludes halogenated alkanes) is 3. The van der Waals surface area contributed by atoms with Gasteiger partial charge in [-0.25, -0.2) is 0 Å². The van der Waals surface area contributed by atoms with Gasteiger partial charge in [0.1, 0.15) is 5.76 Å². The van der Waals surface area contributed by atoms with Gasteiger partial charge in [0.25, 0.3) is 0 Å². The number of benzene rings is 1. The van der Waals surface area contributed by atoms with Crippen molar-refractivity contribution < 1.29 is 4.74 Å². The van der Waals surface area contributed by atoms with Crippen molar-refractivity contribution in [3.8, 4) is 0 Å². The number of hydrogen-bond donors (Lipinski definition) is 0. The number of halogens is 1. The molecule has 3 aliphatic carbocycles. The van der Waals surface area contributed by atoms with Gasteiger partial charge in [-0.1, -0.05) is 108 Å². The van der Waals surface area contributed by atoms with E-state index >= 15 is 0 Å². The fraction of sp³-hybridized carbons (Fsp3) is 0.353. The van der Waals surface area contributed by atoms with Crippen molar-refractivity contribution in [2.24, 2.45) is 11.8 Å². The number of rotatable bonds is 12. The summed E-state index contributed by atoms with van der Waals surface area (Å²) in [4.78, 5) is 0. The Kier molecular flexibility index (Phi) is 9.26. The first kappa shape index (κ1) is 26.5. The van der Waals surface area contributed by atoms with Gasteiger partial charge in [0.05, 0.1) is 6.61 Å². The van der Waals surface area contributed by atoms with Crippen LogP contribution in [-0.4, -0.2) is 6.61 Å². The van der Waals surface area contributed by atoms with E-state index in [1.165, 1.54) is 41.5 Å². The summed E-state index contributed by atoms with van der Waals surface area (Å²) < 4.78 is 7.16. The lowest BCUT2D eigenvalue weighted by molar-refractivity contribution is 0.213. The third-order valence-corrected chi connectivity index (χ3v) is 8.45. The van der Waals surface area contributed by atoms with Crippen LogP contribution in [0.3, 0.4) is 0 Å². The van der Waals surface area contributed by atoms with Crippen molar-refractivity contribution in [1.29, 1.82) is 0 Å². The zero-order valence-electron chi connectivity index (χ0n) is 21.6. The minimum atomic E-state index is 0.0249. The minimum absolute atomic E-state index is 0.0249. The third kappa shape index (κ3) is 5.70. The molecule has 0 amide bonds. The Morgan fingerprint density at radius 1 is 1.14 bits per heavy atom. The van der Waals surface area contributed by atoms with Crippen molar-refractivity contribution in [3.63, 3.8) is 0 Å². The smallest absolute Gasteiger partial charge is 0.115 e. The molecular formula is C34H39BrO. The molecule has 0 spiro atoms. The van der Waals surface area contributed by atoms with Crippen LogP contribution >= 0.6 is 15.9 Å². The third-order valence-electron chi connectivity index (χ3n) is 7.96. The summed E-state index contributed by atoms with van der Waals surface area (Å²) in [7, 11) is 0. The molecule has 3 atom stereocenters. The van der Waals surface area contributed by atoms with Crippen LogP contribution in [0.1, 0.15) is 63.0 Å². The van der Waals surface area contributed by atoms with E-state index in [0.717, 1.165) is 42.5 Å². The van der Waals surface area contributed by atoms with Crippen LogP contribution < -0.4 is 0 Å². The Bertz CT molecular complexity index is 1140. The largest absolute Gasteiger partial charge is 0.494 e.